The van der Waals surface area contributed by atoms with Gasteiger partial charge in [-0.3, -0.25) is 0 Å². The summed E-state index contributed by atoms with van der Waals surface area (Å²) in [4.78, 5) is 20.7. The van der Waals surface area contributed by atoms with Gasteiger partial charge in [0.1, 0.15) is 11.9 Å². The lowest BCUT2D eigenvalue weighted by Crippen LogP contribution is -2.53. The first-order valence-corrected chi connectivity index (χ1v) is 8.43. The second kappa shape index (κ2) is 7.32. The number of piperazine rings is 1. The van der Waals surface area contributed by atoms with Crippen molar-refractivity contribution in [1.82, 2.24) is 15.2 Å². The molecule has 6 heteroatoms. The Morgan fingerprint density at radius 2 is 1.91 bits per heavy atom. The van der Waals surface area contributed by atoms with Gasteiger partial charge in [0.2, 0.25) is 0 Å². The number of aromatic nitrogens is 1. The molecule has 1 N–H and O–H groups in total. The second-order valence-corrected chi connectivity index (χ2v) is 6.28. The Morgan fingerprint density at radius 3 is 2.52 bits per heavy atom. The summed E-state index contributed by atoms with van der Waals surface area (Å²) in [6, 6.07) is 6.16. The van der Waals surface area contributed by atoms with Crippen molar-refractivity contribution in [3.05, 3.63) is 23.9 Å². The highest BCUT2D eigenvalue weighted by molar-refractivity contribution is 5.74. The highest BCUT2D eigenvalue weighted by Crippen LogP contribution is 2.18. The number of nitrogens with one attached hydrogen (secondary N) is 1. The summed E-state index contributed by atoms with van der Waals surface area (Å²) >= 11 is 0. The molecule has 0 unspecified atom stereocenters. The molecular formula is C17H23N5O. The number of nitriles is 1. The van der Waals surface area contributed by atoms with Crippen LogP contribution in [0.15, 0.2) is 18.3 Å². The predicted octanol–water partition coefficient (Wildman–Crippen LogP) is 2.12. The first-order valence-electron chi connectivity index (χ1n) is 8.43. The van der Waals surface area contributed by atoms with E-state index in [0.29, 0.717) is 24.7 Å². The van der Waals surface area contributed by atoms with Crippen molar-refractivity contribution in [2.75, 3.05) is 31.1 Å². The van der Waals surface area contributed by atoms with Crippen LogP contribution >= 0.6 is 0 Å². The third-order valence-electron chi connectivity index (χ3n) is 4.70. The van der Waals surface area contributed by atoms with Crippen molar-refractivity contribution in [2.45, 2.75) is 38.1 Å². The summed E-state index contributed by atoms with van der Waals surface area (Å²) in [5, 5.41) is 12.0. The molecule has 0 atom stereocenters. The molecule has 122 valence electrons. The van der Waals surface area contributed by atoms with E-state index in [2.05, 4.69) is 21.3 Å². The molecule has 1 aromatic heterocycles. The van der Waals surface area contributed by atoms with Gasteiger partial charge in [0.25, 0.3) is 0 Å². The van der Waals surface area contributed by atoms with Gasteiger partial charge in [-0.15, -0.1) is 0 Å². The van der Waals surface area contributed by atoms with Gasteiger partial charge >= 0.3 is 6.03 Å². The Kier molecular flexibility index (Phi) is 4.96. The number of anilines is 1. The summed E-state index contributed by atoms with van der Waals surface area (Å²) in [6.45, 7) is 2.97. The number of hydrogen-bond acceptors (Lipinski definition) is 4. The van der Waals surface area contributed by atoms with Gasteiger partial charge < -0.3 is 15.1 Å². The quantitative estimate of drug-likeness (QED) is 0.907. The van der Waals surface area contributed by atoms with E-state index < -0.39 is 0 Å². The highest BCUT2D eigenvalue weighted by atomic mass is 16.2. The molecule has 1 saturated carbocycles. The smallest absolute Gasteiger partial charge is 0.317 e. The Bertz CT molecular complexity index is 566. The number of hydrogen-bond donors (Lipinski definition) is 1. The minimum atomic E-state index is 0.0735. The zero-order chi connectivity index (χ0) is 16.1. The van der Waals surface area contributed by atoms with Crippen molar-refractivity contribution in [2.24, 2.45) is 0 Å². The average molecular weight is 313 g/mol. The van der Waals surface area contributed by atoms with E-state index >= 15 is 0 Å². The number of nitrogens with zero attached hydrogens (tertiary/aromatic N) is 4. The van der Waals surface area contributed by atoms with Crippen LogP contribution in [0.4, 0.5) is 10.6 Å². The molecule has 0 bridgehead atoms. The van der Waals surface area contributed by atoms with Crippen LogP contribution in [0.3, 0.4) is 0 Å². The van der Waals surface area contributed by atoms with E-state index in [0.717, 1.165) is 31.7 Å². The third-order valence-corrected chi connectivity index (χ3v) is 4.70. The Morgan fingerprint density at radius 1 is 1.17 bits per heavy atom. The van der Waals surface area contributed by atoms with E-state index in [4.69, 9.17) is 5.26 Å². The maximum absolute atomic E-state index is 12.3. The number of pyridine rings is 1. The van der Waals surface area contributed by atoms with Crippen molar-refractivity contribution in [3.63, 3.8) is 0 Å². The first kappa shape index (κ1) is 15.6. The lowest BCUT2D eigenvalue weighted by molar-refractivity contribution is 0.186. The molecule has 2 heterocycles. The fourth-order valence-corrected chi connectivity index (χ4v) is 3.29. The zero-order valence-corrected chi connectivity index (χ0v) is 13.4. The fraction of sp³-hybridized carbons (Fsp3) is 0.588. The number of carbonyl (C=O) groups excluding carboxylic acids is 1. The van der Waals surface area contributed by atoms with E-state index in [-0.39, 0.29) is 6.03 Å². The molecule has 0 aromatic carbocycles. The van der Waals surface area contributed by atoms with Gasteiger partial charge in [-0.1, -0.05) is 19.3 Å². The summed E-state index contributed by atoms with van der Waals surface area (Å²) in [5.74, 6) is 0.872. The summed E-state index contributed by atoms with van der Waals surface area (Å²) in [5.41, 5.74) is 0.569. The zero-order valence-electron chi connectivity index (χ0n) is 13.4. The molecule has 1 aromatic rings. The summed E-state index contributed by atoms with van der Waals surface area (Å²) in [7, 11) is 0. The normalized spacial score (nSPS) is 19.3. The summed E-state index contributed by atoms with van der Waals surface area (Å²) in [6.07, 6.45) is 7.56. The van der Waals surface area contributed by atoms with Gasteiger partial charge in [0.05, 0.1) is 5.56 Å². The van der Waals surface area contributed by atoms with Crippen molar-refractivity contribution >= 4 is 11.8 Å². The summed E-state index contributed by atoms with van der Waals surface area (Å²) < 4.78 is 0. The minimum absolute atomic E-state index is 0.0735. The monoisotopic (exact) mass is 313 g/mol. The molecule has 2 fully saturated rings. The molecular weight excluding hydrogens is 290 g/mol. The highest BCUT2D eigenvalue weighted by Gasteiger charge is 2.24. The molecule has 1 aliphatic carbocycles. The number of amides is 2. The Hall–Kier alpha value is -2.29. The molecule has 0 radical (unpaired) electrons. The van der Waals surface area contributed by atoms with E-state index in [1.807, 2.05) is 11.0 Å². The van der Waals surface area contributed by atoms with Crippen LogP contribution in [0, 0.1) is 11.3 Å². The molecule has 6 nitrogen and oxygen atoms in total. The van der Waals surface area contributed by atoms with Crippen molar-refractivity contribution in [1.29, 1.82) is 5.26 Å². The van der Waals surface area contributed by atoms with Crippen LogP contribution in [0.25, 0.3) is 0 Å². The molecule has 2 aliphatic rings. The minimum Gasteiger partial charge on any atom is -0.353 e. The van der Waals surface area contributed by atoms with E-state index in [1.54, 1.807) is 12.3 Å². The second-order valence-electron chi connectivity index (χ2n) is 6.28. The molecule has 3 rings (SSSR count). The molecule has 23 heavy (non-hydrogen) atoms. The Balaban J connectivity index is 1.49. The molecule has 2 amide bonds. The number of carbonyl (C=O) groups is 1. The Labute approximate surface area is 137 Å². The number of rotatable bonds is 2. The number of urea groups is 1. The van der Waals surface area contributed by atoms with Crippen LogP contribution in [0.5, 0.6) is 0 Å². The lowest BCUT2D eigenvalue weighted by Gasteiger charge is -2.36. The van der Waals surface area contributed by atoms with Crippen molar-refractivity contribution in [3.8, 4) is 6.07 Å². The first-order chi connectivity index (χ1) is 11.3. The fourth-order valence-electron chi connectivity index (χ4n) is 3.29. The van der Waals surface area contributed by atoms with Crippen LogP contribution in [-0.2, 0) is 0 Å². The standard InChI is InChI=1S/C17H23N5O/c18-12-14-6-7-16(19-13-14)21-8-10-22(11-9-21)17(23)20-15-4-2-1-3-5-15/h6-7,13,15H,1-5,8-11H2,(H,20,23). The maximum Gasteiger partial charge on any atom is 0.317 e. The van der Waals surface area contributed by atoms with Gasteiger partial charge in [-0.05, 0) is 25.0 Å². The van der Waals surface area contributed by atoms with Gasteiger partial charge in [-0.2, -0.15) is 5.26 Å². The maximum atomic E-state index is 12.3. The van der Waals surface area contributed by atoms with Gasteiger partial charge in [0, 0.05) is 38.4 Å². The molecule has 1 saturated heterocycles. The van der Waals surface area contributed by atoms with Crippen LogP contribution in [0.1, 0.15) is 37.7 Å². The van der Waals surface area contributed by atoms with Crippen LogP contribution in [0.2, 0.25) is 0 Å². The van der Waals surface area contributed by atoms with Crippen molar-refractivity contribution < 1.29 is 4.79 Å². The third kappa shape index (κ3) is 3.92. The molecule has 1 aliphatic heterocycles. The SMILES string of the molecule is N#Cc1ccc(N2CCN(C(=O)NC3CCCCC3)CC2)nc1. The topological polar surface area (TPSA) is 72.3 Å². The van der Waals surface area contributed by atoms with Gasteiger partial charge in [-0.25, -0.2) is 9.78 Å². The van der Waals surface area contributed by atoms with E-state index in [9.17, 15) is 4.79 Å². The van der Waals surface area contributed by atoms with Crippen LogP contribution < -0.4 is 10.2 Å². The lowest BCUT2D eigenvalue weighted by atomic mass is 9.96. The van der Waals surface area contributed by atoms with E-state index in [1.165, 1.54) is 19.3 Å². The average Bonchev–Trinajstić information content (AvgIpc) is 2.63. The predicted molar refractivity (Wildman–Crippen MR) is 88.1 cm³/mol. The van der Waals surface area contributed by atoms with Gasteiger partial charge in [0.15, 0.2) is 0 Å². The largest absolute Gasteiger partial charge is 0.353 e. The molecule has 0 spiro atoms. The van der Waals surface area contributed by atoms with Crippen LogP contribution in [-0.4, -0.2) is 48.1 Å².